The Morgan fingerprint density at radius 1 is 1.53 bits per heavy atom. The molecule has 0 saturated carbocycles. The monoisotopic (exact) mass is 294 g/mol. The van der Waals surface area contributed by atoms with Gasteiger partial charge in [-0.3, -0.25) is 4.79 Å². The van der Waals surface area contributed by atoms with Crippen molar-refractivity contribution in [3.63, 3.8) is 0 Å². The summed E-state index contributed by atoms with van der Waals surface area (Å²) in [7, 11) is 0. The van der Waals surface area contributed by atoms with E-state index >= 15 is 0 Å². The average molecular weight is 295 g/mol. The second-order valence-corrected chi connectivity index (χ2v) is 4.29. The molecule has 0 atom stereocenters. The van der Waals surface area contributed by atoms with E-state index in [9.17, 15) is 18.0 Å². The third-order valence-corrected chi connectivity index (χ3v) is 2.90. The minimum Gasteiger partial charge on any atom is -0.470 e. The number of likely N-dealkylation sites (tertiary alicyclic amines) is 1. The van der Waals surface area contributed by atoms with Crippen LogP contribution in [-0.4, -0.2) is 40.9 Å². The molecule has 0 unspecified atom stereocenters. The molecule has 19 heavy (non-hydrogen) atoms. The van der Waals surface area contributed by atoms with E-state index in [4.69, 9.17) is 16.3 Å². The number of ether oxygens (including phenoxy) is 1. The van der Waals surface area contributed by atoms with Crippen molar-refractivity contribution in [1.82, 2.24) is 9.88 Å². The molecule has 1 aliphatic rings. The zero-order valence-corrected chi connectivity index (χ0v) is 10.4. The van der Waals surface area contributed by atoms with Gasteiger partial charge in [-0.15, -0.1) is 11.6 Å². The van der Waals surface area contributed by atoms with Gasteiger partial charge in [-0.25, -0.2) is 4.98 Å². The van der Waals surface area contributed by atoms with Crippen molar-refractivity contribution < 1.29 is 22.7 Å². The van der Waals surface area contributed by atoms with Crippen molar-refractivity contribution >= 4 is 17.5 Å². The Morgan fingerprint density at radius 2 is 2.21 bits per heavy atom. The van der Waals surface area contributed by atoms with Crippen LogP contribution in [0.4, 0.5) is 13.2 Å². The van der Waals surface area contributed by atoms with Crippen molar-refractivity contribution in [1.29, 1.82) is 0 Å². The maximum atomic E-state index is 12.7. The summed E-state index contributed by atoms with van der Waals surface area (Å²) in [6, 6.07) is 2.10. The fourth-order valence-electron chi connectivity index (χ4n) is 1.66. The quantitative estimate of drug-likeness (QED) is 0.800. The number of carbonyl (C=O) groups is 1. The number of amides is 1. The second-order valence-electron chi connectivity index (χ2n) is 4.03. The van der Waals surface area contributed by atoms with Crippen LogP contribution in [0, 0.1) is 0 Å². The molecule has 8 heteroatoms. The molecule has 0 N–H and O–H groups in total. The fraction of sp³-hybridized carbons (Fsp3) is 0.455. The maximum Gasteiger partial charge on any atom is 0.421 e. The Balaban J connectivity index is 2.00. The molecule has 1 aromatic heterocycles. The minimum atomic E-state index is -4.51. The highest BCUT2D eigenvalue weighted by Crippen LogP contribution is 2.35. The van der Waals surface area contributed by atoms with E-state index in [-0.39, 0.29) is 24.9 Å². The topological polar surface area (TPSA) is 42.4 Å². The highest BCUT2D eigenvalue weighted by Gasteiger charge is 2.38. The van der Waals surface area contributed by atoms with Crippen LogP contribution in [-0.2, 0) is 11.0 Å². The van der Waals surface area contributed by atoms with E-state index in [1.165, 1.54) is 17.2 Å². The van der Waals surface area contributed by atoms with Gasteiger partial charge in [0.15, 0.2) is 0 Å². The lowest BCUT2D eigenvalue weighted by Crippen LogP contribution is -2.56. The number of alkyl halides is 4. The first kappa shape index (κ1) is 13.9. The third kappa shape index (κ3) is 3.09. The van der Waals surface area contributed by atoms with Gasteiger partial charge in [0, 0.05) is 6.20 Å². The molecule has 0 radical (unpaired) electrons. The number of aromatic nitrogens is 1. The zero-order chi connectivity index (χ0) is 14.0. The highest BCUT2D eigenvalue weighted by atomic mass is 35.5. The third-order valence-electron chi connectivity index (χ3n) is 2.67. The van der Waals surface area contributed by atoms with E-state index in [0.29, 0.717) is 0 Å². The lowest BCUT2D eigenvalue weighted by atomic mass is 10.1. The fourth-order valence-corrected chi connectivity index (χ4v) is 1.83. The molecular formula is C11H10ClF3N2O2. The predicted octanol–water partition coefficient (Wildman–Crippen LogP) is 1.93. The van der Waals surface area contributed by atoms with E-state index in [1.807, 2.05) is 0 Å². The van der Waals surface area contributed by atoms with Crippen molar-refractivity contribution in [3.05, 3.63) is 23.9 Å². The molecule has 1 aliphatic heterocycles. The number of hydrogen-bond acceptors (Lipinski definition) is 3. The summed E-state index contributed by atoms with van der Waals surface area (Å²) in [5.74, 6) is -0.874. The molecule has 2 rings (SSSR count). The first-order valence-corrected chi connectivity index (χ1v) is 5.98. The molecule has 0 spiro atoms. The molecule has 0 aromatic carbocycles. The molecule has 1 fully saturated rings. The SMILES string of the molecule is O=C(CCl)N1CC(Oc2ncccc2C(F)(F)F)C1. The maximum absolute atomic E-state index is 12.7. The van der Waals surface area contributed by atoms with Crippen molar-refractivity contribution in [2.24, 2.45) is 0 Å². The van der Waals surface area contributed by atoms with Crippen LogP contribution in [0.25, 0.3) is 0 Å². The summed E-state index contributed by atoms with van der Waals surface area (Å²) in [5.41, 5.74) is -0.919. The summed E-state index contributed by atoms with van der Waals surface area (Å²) in [6.45, 7) is 0.443. The predicted molar refractivity (Wildman–Crippen MR) is 61.0 cm³/mol. The number of halogens is 4. The summed E-state index contributed by atoms with van der Waals surface area (Å²) in [4.78, 5) is 16.2. The van der Waals surface area contributed by atoms with Crippen LogP contribution in [0.15, 0.2) is 18.3 Å². The van der Waals surface area contributed by atoms with E-state index in [2.05, 4.69) is 4.98 Å². The Bertz CT molecular complexity index is 475. The van der Waals surface area contributed by atoms with Gasteiger partial charge in [0.1, 0.15) is 17.5 Å². The van der Waals surface area contributed by atoms with E-state index in [1.54, 1.807) is 0 Å². The summed E-state index contributed by atoms with van der Waals surface area (Å²) in [6.07, 6.45) is -3.77. The summed E-state index contributed by atoms with van der Waals surface area (Å²) in [5, 5.41) is 0. The Hall–Kier alpha value is -1.50. The Morgan fingerprint density at radius 3 is 2.79 bits per heavy atom. The van der Waals surface area contributed by atoms with E-state index in [0.717, 1.165) is 6.07 Å². The standard InChI is InChI=1S/C11H10ClF3N2O2/c12-4-9(18)17-5-7(6-17)19-10-8(11(13,14)15)2-1-3-16-10/h1-3,7H,4-6H2. The molecule has 0 aliphatic carbocycles. The highest BCUT2D eigenvalue weighted by molar-refractivity contribution is 6.27. The summed E-state index contributed by atoms with van der Waals surface area (Å²) >= 11 is 5.36. The normalized spacial score (nSPS) is 16.1. The van der Waals surface area contributed by atoms with Crippen LogP contribution in [0.3, 0.4) is 0 Å². The average Bonchev–Trinajstić information content (AvgIpc) is 2.31. The van der Waals surface area contributed by atoms with Gasteiger partial charge in [-0.05, 0) is 12.1 Å². The van der Waals surface area contributed by atoms with Crippen molar-refractivity contribution in [2.75, 3.05) is 19.0 Å². The van der Waals surface area contributed by atoms with Gasteiger partial charge in [-0.1, -0.05) is 0 Å². The van der Waals surface area contributed by atoms with Gasteiger partial charge in [0.2, 0.25) is 11.8 Å². The lowest BCUT2D eigenvalue weighted by molar-refractivity contribution is -0.143. The number of carbonyl (C=O) groups excluding carboxylic acids is 1. The Kier molecular flexibility index (Phi) is 3.84. The molecule has 2 heterocycles. The van der Waals surface area contributed by atoms with Crippen molar-refractivity contribution in [2.45, 2.75) is 12.3 Å². The molecular weight excluding hydrogens is 285 g/mol. The van der Waals surface area contributed by atoms with E-state index < -0.39 is 23.7 Å². The number of nitrogens with zero attached hydrogens (tertiary/aromatic N) is 2. The van der Waals surface area contributed by atoms with Gasteiger partial charge in [0.05, 0.1) is 13.1 Å². The molecule has 1 amide bonds. The van der Waals surface area contributed by atoms with Gasteiger partial charge >= 0.3 is 6.18 Å². The Labute approximate surface area is 112 Å². The first-order valence-electron chi connectivity index (χ1n) is 5.44. The molecule has 1 saturated heterocycles. The largest absolute Gasteiger partial charge is 0.470 e. The van der Waals surface area contributed by atoms with Crippen LogP contribution in [0.1, 0.15) is 5.56 Å². The molecule has 4 nitrogen and oxygen atoms in total. The van der Waals surface area contributed by atoms with Crippen LogP contribution in [0.5, 0.6) is 5.88 Å². The van der Waals surface area contributed by atoms with Gasteiger partial charge in [0.25, 0.3) is 0 Å². The molecule has 0 bridgehead atoms. The first-order chi connectivity index (χ1) is 8.91. The number of hydrogen-bond donors (Lipinski definition) is 0. The molecule has 104 valence electrons. The zero-order valence-electron chi connectivity index (χ0n) is 9.65. The summed E-state index contributed by atoms with van der Waals surface area (Å²) < 4.78 is 43.2. The van der Waals surface area contributed by atoms with Crippen LogP contribution >= 0.6 is 11.6 Å². The lowest BCUT2D eigenvalue weighted by Gasteiger charge is -2.38. The minimum absolute atomic E-state index is 0.149. The van der Waals surface area contributed by atoms with Crippen LogP contribution < -0.4 is 4.74 Å². The number of pyridine rings is 1. The smallest absolute Gasteiger partial charge is 0.421 e. The van der Waals surface area contributed by atoms with Crippen LogP contribution in [0.2, 0.25) is 0 Å². The number of rotatable bonds is 3. The van der Waals surface area contributed by atoms with Crippen molar-refractivity contribution in [3.8, 4) is 5.88 Å². The second kappa shape index (κ2) is 5.24. The van der Waals surface area contributed by atoms with Gasteiger partial charge in [-0.2, -0.15) is 13.2 Å². The van der Waals surface area contributed by atoms with Gasteiger partial charge < -0.3 is 9.64 Å². The molecule has 1 aromatic rings.